The molecule has 0 aromatic carbocycles. The van der Waals surface area contributed by atoms with Crippen molar-refractivity contribution >= 4 is 15.9 Å². The van der Waals surface area contributed by atoms with Crippen molar-refractivity contribution < 1.29 is 5.11 Å². The van der Waals surface area contributed by atoms with Crippen LogP contribution in [0.25, 0.3) is 0 Å². The average Bonchev–Trinajstić information content (AvgIpc) is 2.48. The molecule has 0 spiro atoms. The monoisotopic (exact) mass is 261 g/mol. The summed E-state index contributed by atoms with van der Waals surface area (Å²) in [5, 5.41) is 16.4. The van der Waals surface area contributed by atoms with E-state index in [1.54, 1.807) is 13.1 Å². The first-order valence-electron chi connectivity index (χ1n) is 4.67. The van der Waals surface area contributed by atoms with E-state index in [4.69, 9.17) is 5.11 Å². The molecular formula is C9H16BrN3O. The van der Waals surface area contributed by atoms with Gasteiger partial charge in [0.25, 0.3) is 0 Å². The van der Waals surface area contributed by atoms with E-state index in [1.807, 2.05) is 10.9 Å². The Bertz CT molecular complexity index is 275. The fourth-order valence-electron chi connectivity index (χ4n) is 1.16. The highest BCUT2D eigenvalue weighted by Gasteiger charge is 2.04. The van der Waals surface area contributed by atoms with E-state index in [2.05, 4.69) is 33.3 Å². The lowest BCUT2D eigenvalue weighted by molar-refractivity contribution is 0.185. The summed E-state index contributed by atoms with van der Waals surface area (Å²) < 4.78 is 2.85. The Morgan fingerprint density at radius 1 is 1.64 bits per heavy atom. The zero-order chi connectivity index (χ0) is 10.6. The summed E-state index contributed by atoms with van der Waals surface area (Å²) in [4.78, 5) is 0. The van der Waals surface area contributed by atoms with Crippen LogP contribution in [-0.4, -0.2) is 33.6 Å². The standard InChI is InChI=1S/C9H16BrN3O/c1-7(11-3-8(2)14)5-13-6-9(10)4-12-13/h4,6-8,11,14H,3,5H2,1-2H3/t7?,8-/m0/s1. The highest BCUT2D eigenvalue weighted by Crippen LogP contribution is 2.06. The van der Waals surface area contributed by atoms with E-state index in [9.17, 15) is 0 Å². The van der Waals surface area contributed by atoms with Gasteiger partial charge in [0.05, 0.1) is 23.3 Å². The first kappa shape index (κ1) is 11.7. The third-order valence-electron chi connectivity index (χ3n) is 1.82. The fraction of sp³-hybridized carbons (Fsp3) is 0.667. The third kappa shape index (κ3) is 4.21. The largest absolute Gasteiger partial charge is 0.392 e. The van der Waals surface area contributed by atoms with Gasteiger partial charge >= 0.3 is 0 Å². The molecule has 5 heteroatoms. The van der Waals surface area contributed by atoms with Crippen molar-refractivity contribution in [3.63, 3.8) is 0 Å². The number of aromatic nitrogens is 2. The van der Waals surface area contributed by atoms with Gasteiger partial charge in [-0.1, -0.05) is 0 Å². The third-order valence-corrected chi connectivity index (χ3v) is 2.23. The maximum Gasteiger partial charge on any atom is 0.0636 e. The molecule has 1 rings (SSSR count). The van der Waals surface area contributed by atoms with Crippen molar-refractivity contribution in [2.45, 2.75) is 32.5 Å². The normalized spacial score (nSPS) is 15.4. The van der Waals surface area contributed by atoms with Crippen LogP contribution in [0.2, 0.25) is 0 Å². The molecule has 0 fully saturated rings. The molecule has 2 atom stereocenters. The Kier molecular flexibility index (Phi) is 4.57. The van der Waals surface area contributed by atoms with Crippen LogP contribution in [-0.2, 0) is 6.54 Å². The summed E-state index contributed by atoms with van der Waals surface area (Å²) in [6, 6.07) is 0.302. The smallest absolute Gasteiger partial charge is 0.0636 e. The van der Waals surface area contributed by atoms with E-state index in [-0.39, 0.29) is 6.10 Å². The highest BCUT2D eigenvalue weighted by atomic mass is 79.9. The number of hydrogen-bond acceptors (Lipinski definition) is 3. The maximum absolute atomic E-state index is 9.08. The Balaban J connectivity index is 2.30. The van der Waals surface area contributed by atoms with Gasteiger partial charge in [0.2, 0.25) is 0 Å². The minimum atomic E-state index is -0.304. The molecule has 1 aromatic heterocycles. The van der Waals surface area contributed by atoms with E-state index < -0.39 is 0 Å². The van der Waals surface area contributed by atoms with Crippen molar-refractivity contribution in [3.05, 3.63) is 16.9 Å². The molecule has 0 radical (unpaired) electrons. The molecule has 4 nitrogen and oxygen atoms in total. The number of aliphatic hydroxyl groups excluding tert-OH is 1. The quantitative estimate of drug-likeness (QED) is 0.832. The molecule has 14 heavy (non-hydrogen) atoms. The first-order chi connectivity index (χ1) is 6.58. The summed E-state index contributed by atoms with van der Waals surface area (Å²) in [5.41, 5.74) is 0. The van der Waals surface area contributed by atoms with Crippen molar-refractivity contribution in [1.29, 1.82) is 0 Å². The van der Waals surface area contributed by atoms with Crippen LogP contribution in [0.5, 0.6) is 0 Å². The molecule has 0 amide bonds. The molecule has 0 saturated carbocycles. The van der Waals surface area contributed by atoms with Gasteiger partial charge in [-0.2, -0.15) is 5.10 Å². The lowest BCUT2D eigenvalue weighted by Crippen LogP contribution is -2.35. The van der Waals surface area contributed by atoms with Crippen LogP contribution in [0.3, 0.4) is 0 Å². The second-order valence-electron chi connectivity index (χ2n) is 3.54. The van der Waals surface area contributed by atoms with Crippen LogP contribution in [0.15, 0.2) is 16.9 Å². The number of hydrogen-bond donors (Lipinski definition) is 2. The van der Waals surface area contributed by atoms with Crippen molar-refractivity contribution in [1.82, 2.24) is 15.1 Å². The number of nitrogens with zero attached hydrogens (tertiary/aromatic N) is 2. The molecular weight excluding hydrogens is 246 g/mol. The second-order valence-corrected chi connectivity index (χ2v) is 4.45. The molecule has 0 aliphatic rings. The first-order valence-corrected chi connectivity index (χ1v) is 5.46. The van der Waals surface area contributed by atoms with Gasteiger partial charge in [-0.05, 0) is 29.8 Å². The highest BCUT2D eigenvalue weighted by molar-refractivity contribution is 9.10. The van der Waals surface area contributed by atoms with Gasteiger partial charge in [0, 0.05) is 18.8 Å². The summed E-state index contributed by atoms with van der Waals surface area (Å²) in [7, 11) is 0. The van der Waals surface area contributed by atoms with Crippen LogP contribution >= 0.6 is 15.9 Å². The topological polar surface area (TPSA) is 50.1 Å². The van der Waals surface area contributed by atoms with Gasteiger partial charge in [-0.3, -0.25) is 4.68 Å². The van der Waals surface area contributed by atoms with Crippen molar-refractivity contribution in [2.24, 2.45) is 0 Å². The average molecular weight is 262 g/mol. The van der Waals surface area contributed by atoms with Gasteiger partial charge in [0.1, 0.15) is 0 Å². The summed E-state index contributed by atoms with van der Waals surface area (Å²) in [6.07, 6.45) is 3.39. The molecule has 1 heterocycles. The minimum absolute atomic E-state index is 0.302. The zero-order valence-electron chi connectivity index (χ0n) is 8.44. The molecule has 0 aliphatic heterocycles. The molecule has 80 valence electrons. The summed E-state index contributed by atoms with van der Waals surface area (Å²) in [6.45, 7) is 5.25. The van der Waals surface area contributed by atoms with E-state index >= 15 is 0 Å². The fourth-order valence-corrected chi connectivity index (χ4v) is 1.48. The second kappa shape index (κ2) is 5.48. The van der Waals surface area contributed by atoms with Gasteiger partial charge in [-0.25, -0.2) is 0 Å². The molecule has 0 bridgehead atoms. The van der Waals surface area contributed by atoms with E-state index in [1.165, 1.54) is 0 Å². The Hall–Kier alpha value is -0.390. The van der Waals surface area contributed by atoms with Gasteiger partial charge in [0.15, 0.2) is 0 Å². The molecule has 1 aromatic rings. The van der Waals surface area contributed by atoms with E-state index in [0.29, 0.717) is 12.6 Å². The number of rotatable bonds is 5. The lowest BCUT2D eigenvalue weighted by Gasteiger charge is -2.14. The van der Waals surface area contributed by atoms with Crippen LogP contribution in [0.4, 0.5) is 0 Å². The Labute approximate surface area is 92.4 Å². The predicted octanol–water partition coefficient (Wildman–Crippen LogP) is 1.00. The Morgan fingerprint density at radius 3 is 2.86 bits per heavy atom. The van der Waals surface area contributed by atoms with Gasteiger partial charge < -0.3 is 10.4 Å². The molecule has 2 N–H and O–H groups in total. The lowest BCUT2D eigenvalue weighted by atomic mass is 10.3. The summed E-state index contributed by atoms with van der Waals surface area (Å²) >= 11 is 3.34. The van der Waals surface area contributed by atoms with E-state index in [0.717, 1.165) is 11.0 Å². The number of halogens is 1. The van der Waals surface area contributed by atoms with Crippen LogP contribution in [0.1, 0.15) is 13.8 Å². The predicted molar refractivity (Wildman–Crippen MR) is 59.1 cm³/mol. The van der Waals surface area contributed by atoms with Gasteiger partial charge in [-0.15, -0.1) is 0 Å². The maximum atomic E-state index is 9.08. The van der Waals surface area contributed by atoms with Crippen molar-refractivity contribution in [3.8, 4) is 0 Å². The summed E-state index contributed by atoms with van der Waals surface area (Å²) in [5.74, 6) is 0. The molecule has 0 saturated heterocycles. The zero-order valence-corrected chi connectivity index (χ0v) is 10.0. The number of nitrogens with one attached hydrogen (secondary N) is 1. The van der Waals surface area contributed by atoms with Crippen molar-refractivity contribution in [2.75, 3.05) is 6.54 Å². The SMILES string of the molecule is CC(Cn1cc(Br)cn1)NC[C@H](C)O. The Morgan fingerprint density at radius 2 is 2.36 bits per heavy atom. The molecule has 1 unspecified atom stereocenters. The number of aliphatic hydroxyl groups is 1. The van der Waals surface area contributed by atoms with Crippen LogP contribution < -0.4 is 5.32 Å². The minimum Gasteiger partial charge on any atom is -0.392 e. The molecule has 0 aliphatic carbocycles. The van der Waals surface area contributed by atoms with Crippen LogP contribution in [0, 0.1) is 0 Å².